The molecule has 0 radical (unpaired) electrons. The Labute approximate surface area is 158 Å². The van der Waals surface area contributed by atoms with Crippen molar-refractivity contribution in [3.05, 3.63) is 59.9 Å². The van der Waals surface area contributed by atoms with Crippen molar-refractivity contribution >= 4 is 11.5 Å². The molecule has 27 heavy (non-hydrogen) atoms. The van der Waals surface area contributed by atoms with Gasteiger partial charge in [0.05, 0.1) is 42.5 Å². The molecular weight excluding hydrogens is 342 g/mol. The lowest BCUT2D eigenvalue weighted by molar-refractivity contribution is 0.0336. The number of carbonyl (C=O) groups excluding carboxylic acids is 1. The molecule has 0 saturated carbocycles. The summed E-state index contributed by atoms with van der Waals surface area (Å²) in [5.74, 6) is -0.323. The highest BCUT2D eigenvalue weighted by Gasteiger charge is 2.21. The highest BCUT2D eigenvalue weighted by Crippen LogP contribution is 2.27. The van der Waals surface area contributed by atoms with Crippen LogP contribution in [0.3, 0.4) is 0 Å². The normalized spacial score (nSPS) is 15.1. The SMILES string of the molecule is CCOC(=O)c1cc2ccccn2c1-c1cccc(CN2CCOCC2)n1. The van der Waals surface area contributed by atoms with Gasteiger partial charge < -0.3 is 13.9 Å². The van der Waals surface area contributed by atoms with Crippen LogP contribution >= 0.6 is 0 Å². The summed E-state index contributed by atoms with van der Waals surface area (Å²) < 4.78 is 12.7. The van der Waals surface area contributed by atoms with Crippen LogP contribution in [0.15, 0.2) is 48.7 Å². The largest absolute Gasteiger partial charge is 0.462 e. The second-order valence-corrected chi connectivity index (χ2v) is 6.53. The summed E-state index contributed by atoms with van der Waals surface area (Å²) in [5, 5.41) is 0. The molecule has 0 spiro atoms. The molecule has 1 aliphatic heterocycles. The van der Waals surface area contributed by atoms with Gasteiger partial charge >= 0.3 is 5.97 Å². The fraction of sp³-hybridized carbons (Fsp3) is 0.333. The average Bonchev–Trinajstić information content (AvgIpc) is 3.09. The van der Waals surface area contributed by atoms with E-state index in [0.29, 0.717) is 12.2 Å². The minimum Gasteiger partial charge on any atom is -0.462 e. The molecule has 4 rings (SSSR count). The fourth-order valence-corrected chi connectivity index (χ4v) is 3.44. The smallest absolute Gasteiger partial charge is 0.340 e. The predicted octanol–water partition coefficient (Wildman–Crippen LogP) is 3.01. The van der Waals surface area contributed by atoms with Crippen LogP contribution < -0.4 is 0 Å². The molecule has 0 N–H and O–H groups in total. The van der Waals surface area contributed by atoms with Crippen LogP contribution in [0.4, 0.5) is 0 Å². The first kappa shape index (κ1) is 17.7. The van der Waals surface area contributed by atoms with Gasteiger partial charge in [0.1, 0.15) is 0 Å². The number of hydrogen-bond donors (Lipinski definition) is 0. The van der Waals surface area contributed by atoms with Crippen molar-refractivity contribution in [2.75, 3.05) is 32.9 Å². The molecule has 140 valence electrons. The van der Waals surface area contributed by atoms with Gasteiger partial charge in [0.15, 0.2) is 0 Å². The maximum Gasteiger partial charge on any atom is 0.340 e. The Kier molecular flexibility index (Phi) is 5.18. The summed E-state index contributed by atoms with van der Waals surface area (Å²) in [7, 11) is 0. The van der Waals surface area contributed by atoms with E-state index in [1.54, 1.807) is 0 Å². The molecule has 6 heteroatoms. The molecule has 4 heterocycles. The summed E-state index contributed by atoms with van der Waals surface area (Å²) in [6, 6.07) is 13.7. The summed E-state index contributed by atoms with van der Waals surface area (Å²) >= 11 is 0. The zero-order valence-corrected chi connectivity index (χ0v) is 15.4. The number of nitrogens with zero attached hydrogens (tertiary/aromatic N) is 3. The van der Waals surface area contributed by atoms with Gasteiger partial charge in [0.2, 0.25) is 0 Å². The first-order chi connectivity index (χ1) is 13.3. The van der Waals surface area contributed by atoms with E-state index >= 15 is 0 Å². The van der Waals surface area contributed by atoms with Crippen molar-refractivity contribution in [3.8, 4) is 11.4 Å². The van der Waals surface area contributed by atoms with Crippen LogP contribution in [-0.4, -0.2) is 53.2 Å². The number of fused-ring (bicyclic) bond motifs is 1. The molecule has 1 aliphatic rings. The number of aromatic nitrogens is 2. The van der Waals surface area contributed by atoms with Crippen LogP contribution in [0.2, 0.25) is 0 Å². The van der Waals surface area contributed by atoms with E-state index in [9.17, 15) is 4.79 Å². The minimum absolute atomic E-state index is 0.323. The molecule has 0 aliphatic carbocycles. The Hall–Kier alpha value is -2.70. The van der Waals surface area contributed by atoms with Crippen molar-refractivity contribution in [1.29, 1.82) is 0 Å². The van der Waals surface area contributed by atoms with Crippen molar-refractivity contribution in [3.63, 3.8) is 0 Å². The van der Waals surface area contributed by atoms with Crippen molar-refractivity contribution in [2.24, 2.45) is 0 Å². The van der Waals surface area contributed by atoms with Crippen LogP contribution in [-0.2, 0) is 16.0 Å². The van der Waals surface area contributed by atoms with Gasteiger partial charge in [-0.15, -0.1) is 0 Å². The number of ether oxygens (including phenoxy) is 2. The maximum atomic E-state index is 12.5. The number of pyridine rings is 2. The lowest BCUT2D eigenvalue weighted by atomic mass is 10.1. The van der Waals surface area contributed by atoms with Crippen molar-refractivity contribution in [2.45, 2.75) is 13.5 Å². The van der Waals surface area contributed by atoms with Gasteiger partial charge in [-0.05, 0) is 37.3 Å². The third-order valence-corrected chi connectivity index (χ3v) is 4.71. The standard InChI is InChI=1S/C21H23N3O3/c1-2-27-21(25)18-14-17-7-3-4-9-24(17)20(18)19-8-5-6-16(22-19)15-23-10-12-26-13-11-23/h3-9,14H,2,10-13,15H2,1H3. The van der Waals surface area contributed by atoms with E-state index in [-0.39, 0.29) is 5.97 Å². The third kappa shape index (κ3) is 3.72. The maximum absolute atomic E-state index is 12.5. The lowest BCUT2D eigenvalue weighted by Crippen LogP contribution is -2.35. The second kappa shape index (κ2) is 7.90. The summed E-state index contributed by atoms with van der Waals surface area (Å²) in [6.07, 6.45) is 1.95. The Morgan fingerprint density at radius 1 is 1.19 bits per heavy atom. The Morgan fingerprint density at radius 3 is 2.85 bits per heavy atom. The van der Waals surface area contributed by atoms with E-state index in [0.717, 1.165) is 55.4 Å². The number of hydrogen-bond acceptors (Lipinski definition) is 5. The average molecular weight is 365 g/mol. The molecule has 0 atom stereocenters. The highest BCUT2D eigenvalue weighted by atomic mass is 16.5. The number of morpholine rings is 1. The fourth-order valence-electron chi connectivity index (χ4n) is 3.44. The van der Waals surface area contributed by atoms with E-state index in [2.05, 4.69) is 4.90 Å². The van der Waals surface area contributed by atoms with Crippen LogP contribution in [0, 0.1) is 0 Å². The summed E-state index contributed by atoms with van der Waals surface area (Å²) in [6.45, 7) is 6.27. The van der Waals surface area contributed by atoms with Gasteiger partial charge in [-0.2, -0.15) is 0 Å². The predicted molar refractivity (Wildman–Crippen MR) is 103 cm³/mol. The van der Waals surface area contributed by atoms with E-state index in [4.69, 9.17) is 14.5 Å². The summed E-state index contributed by atoms with van der Waals surface area (Å²) in [5.41, 5.74) is 4.01. The van der Waals surface area contributed by atoms with E-state index < -0.39 is 0 Å². The van der Waals surface area contributed by atoms with Crippen LogP contribution in [0.5, 0.6) is 0 Å². The molecule has 3 aromatic heterocycles. The van der Waals surface area contributed by atoms with E-state index in [1.165, 1.54) is 0 Å². The topological polar surface area (TPSA) is 56.1 Å². The number of carbonyl (C=O) groups is 1. The zero-order chi connectivity index (χ0) is 18.6. The van der Waals surface area contributed by atoms with E-state index in [1.807, 2.05) is 60.0 Å². The number of rotatable bonds is 5. The van der Waals surface area contributed by atoms with Crippen LogP contribution in [0.1, 0.15) is 23.0 Å². The first-order valence-electron chi connectivity index (χ1n) is 9.30. The molecule has 0 amide bonds. The van der Waals surface area contributed by atoms with Gasteiger partial charge in [0.25, 0.3) is 0 Å². The monoisotopic (exact) mass is 365 g/mol. The molecule has 0 bridgehead atoms. The lowest BCUT2D eigenvalue weighted by Gasteiger charge is -2.26. The number of esters is 1. The Balaban J connectivity index is 1.73. The van der Waals surface area contributed by atoms with Crippen molar-refractivity contribution in [1.82, 2.24) is 14.3 Å². The molecule has 0 aromatic carbocycles. The molecular formula is C21H23N3O3. The Bertz CT molecular complexity index is 945. The first-order valence-corrected chi connectivity index (χ1v) is 9.30. The second-order valence-electron chi connectivity index (χ2n) is 6.53. The highest BCUT2D eigenvalue weighted by molar-refractivity contribution is 5.98. The van der Waals surface area contributed by atoms with Gasteiger partial charge in [-0.3, -0.25) is 4.90 Å². The molecule has 1 fully saturated rings. The Morgan fingerprint density at radius 2 is 2.04 bits per heavy atom. The van der Waals surface area contributed by atoms with Gasteiger partial charge in [0, 0.05) is 31.3 Å². The quantitative estimate of drug-likeness (QED) is 0.651. The summed E-state index contributed by atoms with van der Waals surface area (Å²) in [4.78, 5) is 19.7. The van der Waals surface area contributed by atoms with Gasteiger partial charge in [-0.25, -0.2) is 9.78 Å². The molecule has 0 unspecified atom stereocenters. The third-order valence-electron chi connectivity index (χ3n) is 4.71. The molecule has 3 aromatic rings. The zero-order valence-electron chi connectivity index (χ0n) is 15.4. The molecule has 6 nitrogen and oxygen atoms in total. The van der Waals surface area contributed by atoms with Crippen molar-refractivity contribution < 1.29 is 14.3 Å². The van der Waals surface area contributed by atoms with Gasteiger partial charge in [-0.1, -0.05) is 12.1 Å². The van der Waals surface area contributed by atoms with Crippen LogP contribution in [0.25, 0.3) is 16.9 Å². The minimum atomic E-state index is -0.323. The molecule has 1 saturated heterocycles.